The molecular weight excluding hydrogens is 431 g/mol. The molecule has 1 amide bonds. The Balaban J connectivity index is 1.66. The summed E-state index contributed by atoms with van der Waals surface area (Å²) in [7, 11) is 0. The average molecular weight is 463 g/mol. The van der Waals surface area contributed by atoms with E-state index in [-0.39, 0.29) is 16.9 Å². The number of nitrogen functional groups attached to an aromatic ring is 1. The van der Waals surface area contributed by atoms with E-state index in [4.69, 9.17) is 10.5 Å². The fourth-order valence-corrected chi connectivity index (χ4v) is 4.55. The summed E-state index contributed by atoms with van der Waals surface area (Å²) in [5, 5.41) is 2.95. The maximum absolute atomic E-state index is 14.8. The SMILES string of the molecule is CCCOc1ccc(F)c(-c2nc(C(=O)Nc3cnccc3C3CCCCC3)c(N)cc2C)c1. The summed E-state index contributed by atoms with van der Waals surface area (Å²) in [6.45, 7) is 4.33. The van der Waals surface area contributed by atoms with E-state index in [1.54, 1.807) is 37.5 Å². The van der Waals surface area contributed by atoms with Crippen LogP contribution in [0, 0.1) is 12.7 Å². The molecule has 3 N–H and O–H groups in total. The van der Waals surface area contributed by atoms with Crippen LogP contribution in [0.5, 0.6) is 5.75 Å². The van der Waals surface area contributed by atoms with Gasteiger partial charge < -0.3 is 15.8 Å². The van der Waals surface area contributed by atoms with Crippen LogP contribution in [0.2, 0.25) is 0 Å². The van der Waals surface area contributed by atoms with Crippen molar-refractivity contribution >= 4 is 17.3 Å². The first-order chi connectivity index (χ1) is 16.5. The van der Waals surface area contributed by atoms with Crippen LogP contribution in [-0.2, 0) is 0 Å². The number of aryl methyl sites for hydroxylation is 1. The van der Waals surface area contributed by atoms with E-state index < -0.39 is 11.7 Å². The van der Waals surface area contributed by atoms with Gasteiger partial charge in [-0.05, 0) is 73.6 Å². The number of carbonyl (C=O) groups is 1. The van der Waals surface area contributed by atoms with Gasteiger partial charge in [-0.1, -0.05) is 26.2 Å². The highest BCUT2D eigenvalue weighted by Crippen LogP contribution is 2.36. The van der Waals surface area contributed by atoms with Crippen LogP contribution >= 0.6 is 0 Å². The lowest BCUT2D eigenvalue weighted by Gasteiger charge is -2.24. The highest BCUT2D eigenvalue weighted by Gasteiger charge is 2.22. The Bertz CT molecular complexity index is 1180. The Labute approximate surface area is 199 Å². The summed E-state index contributed by atoms with van der Waals surface area (Å²) in [6, 6.07) is 8.18. The standard InChI is InChI=1S/C27H31FN4O2/c1-3-13-34-19-9-10-22(28)21(15-19)25-17(2)14-23(29)26(32-25)27(33)31-24-16-30-12-11-20(24)18-7-5-4-6-8-18/h9-12,14-16,18H,3-8,13,29H2,1-2H3,(H,31,33). The third kappa shape index (κ3) is 5.19. The van der Waals surface area contributed by atoms with Crippen molar-refractivity contribution in [3.63, 3.8) is 0 Å². The van der Waals surface area contributed by atoms with Crippen molar-refractivity contribution < 1.29 is 13.9 Å². The van der Waals surface area contributed by atoms with Gasteiger partial charge in [0, 0.05) is 11.8 Å². The maximum atomic E-state index is 14.8. The molecule has 34 heavy (non-hydrogen) atoms. The van der Waals surface area contributed by atoms with Crippen LogP contribution in [0.1, 0.15) is 73.0 Å². The lowest BCUT2D eigenvalue weighted by Crippen LogP contribution is -2.19. The second-order valence-corrected chi connectivity index (χ2v) is 8.83. The molecule has 0 radical (unpaired) electrons. The van der Waals surface area contributed by atoms with Gasteiger partial charge in [0.15, 0.2) is 5.69 Å². The number of ether oxygens (including phenoxy) is 1. The molecule has 0 unspecified atom stereocenters. The van der Waals surface area contributed by atoms with Crippen LogP contribution in [-0.4, -0.2) is 22.5 Å². The van der Waals surface area contributed by atoms with E-state index in [0.29, 0.717) is 35.2 Å². The van der Waals surface area contributed by atoms with Crippen molar-refractivity contribution in [3.05, 3.63) is 65.4 Å². The van der Waals surface area contributed by atoms with Gasteiger partial charge in [-0.15, -0.1) is 0 Å². The first kappa shape index (κ1) is 23.7. The molecule has 1 aliphatic carbocycles. The predicted molar refractivity (Wildman–Crippen MR) is 133 cm³/mol. The number of aromatic nitrogens is 2. The Morgan fingerprint density at radius 2 is 2.00 bits per heavy atom. The minimum atomic E-state index is -0.442. The lowest BCUT2D eigenvalue weighted by molar-refractivity contribution is 0.102. The van der Waals surface area contributed by atoms with Crippen LogP contribution in [0.15, 0.2) is 42.7 Å². The highest BCUT2D eigenvalue weighted by molar-refractivity contribution is 6.07. The van der Waals surface area contributed by atoms with Crippen LogP contribution in [0.25, 0.3) is 11.3 Å². The fraction of sp³-hybridized carbons (Fsp3) is 0.370. The smallest absolute Gasteiger partial charge is 0.276 e. The van der Waals surface area contributed by atoms with Gasteiger partial charge >= 0.3 is 0 Å². The summed E-state index contributed by atoms with van der Waals surface area (Å²) in [4.78, 5) is 22.0. The number of hydrogen-bond acceptors (Lipinski definition) is 5. The third-order valence-corrected chi connectivity index (χ3v) is 6.27. The van der Waals surface area contributed by atoms with E-state index in [0.717, 1.165) is 24.8 Å². The third-order valence-electron chi connectivity index (χ3n) is 6.27. The van der Waals surface area contributed by atoms with E-state index in [1.165, 1.54) is 25.3 Å². The molecule has 0 bridgehead atoms. The summed E-state index contributed by atoms with van der Waals surface area (Å²) in [5.41, 5.74) is 9.52. The first-order valence-electron chi connectivity index (χ1n) is 11.9. The number of pyridine rings is 2. The van der Waals surface area contributed by atoms with Crippen molar-refractivity contribution in [1.82, 2.24) is 9.97 Å². The zero-order valence-corrected chi connectivity index (χ0v) is 19.7. The molecule has 6 nitrogen and oxygen atoms in total. The van der Waals surface area contributed by atoms with E-state index in [1.807, 2.05) is 13.0 Å². The molecule has 7 heteroatoms. The normalized spacial score (nSPS) is 14.1. The number of nitrogens with two attached hydrogens (primary N) is 1. The van der Waals surface area contributed by atoms with Crippen molar-refractivity contribution in [2.75, 3.05) is 17.7 Å². The summed E-state index contributed by atoms with van der Waals surface area (Å²) in [5.74, 6) is 0.0608. The molecule has 0 spiro atoms. The van der Waals surface area contributed by atoms with Gasteiger partial charge in [-0.25, -0.2) is 9.37 Å². The van der Waals surface area contributed by atoms with Gasteiger partial charge in [0.1, 0.15) is 11.6 Å². The van der Waals surface area contributed by atoms with Crippen LogP contribution in [0.4, 0.5) is 15.8 Å². The second kappa shape index (κ2) is 10.6. The lowest BCUT2D eigenvalue weighted by atomic mass is 9.84. The number of nitrogens with zero attached hydrogens (tertiary/aromatic N) is 2. The Morgan fingerprint density at radius 1 is 1.21 bits per heavy atom. The average Bonchev–Trinajstić information content (AvgIpc) is 2.84. The molecule has 0 atom stereocenters. The fourth-order valence-electron chi connectivity index (χ4n) is 4.55. The number of anilines is 2. The zero-order valence-electron chi connectivity index (χ0n) is 19.7. The largest absolute Gasteiger partial charge is 0.494 e. The Kier molecular flexibility index (Phi) is 7.40. The second-order valence-electron chi connectivity index (χ2n) is 8.83. The van der Waals surface area contributed by atoms with E-state index in [9.17, 15) is 9.18 Å². The summed E-state index contributed by atoms with van der Waals surface area (Å²) in [6.07, 6.45) is 10.1. The van der Waals surface area contributed by atoms with E-state index in [2.05, 4.69) is 15.3 Å². The molecule has 1 aliphatic rings. The van der Waals surface area contributed by atoms with Crippen molar-refractivity contribution in [3.8, 4) is 17.0 Å². The van der Waals surface area contributed by atoms with Gasteiger partial charge in [-0.3, -0.25) is 9.78 Å². The number of carbonyl (C=O) groups excluding carboxylic acids is 1. The molecule has 3 aromatic rings. The predicted octanol–water partition coefficient (Wildman–Crippen LogP) is 6.26. The number of benzene rings is 1. The van der Waals surface area contributed by atoms with Crippen LogP contribution in [0.3, 0.4) is 0 Å². The number of nitrogens with one attached hydrogen (secondary N) is 1. The molecule has 2 aromatic heterocycles. The Morgan fingerprint density at radius 3 is 2.76 bits per heavy atom. The molecule has 0 aliphatic heterocycles. The summed E-state index contributed by atoms with van der Waals surface area (Å²) >= 11 is 0. The zero-order chi connectivity index (χ0) is 24.1. The Hall–Kier alpha value is -3.48. The van der Waals surface area contributed by atoms with Crippen molar-refractivity contribution in [1.29, 1.82) is 0 Å². The van der Waals surface area contributed by atoms with Crippen molar-refractivity contribution in [2.45, 2.75) is 58.3 Å². The minimum absolute atomic E-state index is 0.0540. The molecule has 1 fully saturated rings. The number of halogens is 1. The molecule has 2 heterocycles. The van der Waals surface area contributed by atoms with Gasteiger partial charge in [0.2, 0.25) is 0 Å². The molecule has 1 aromatic carbocycles. The topological polar surface area (TPSA) is 90.1 Å². The van der Waals surface area contributed by atoms with Gasteiger partial charge in [0.25, 0.3) is 5.91 Å². The van der Waals surface area contributed by atoms with Crippen molar-refractivity contribution in [2.24, 2.45) is 0 Å². The maximum Gasteiger partial charge on any atom is 0.276 e. The molecule has 4 rings (SSSR count). The number of hydrogen-bond donors (Lipinski definition) is 2. The quantitative estimate of drug-likeness (QED) is 0.432. The molecule has 178 valence electrons. The summed E-state index contributed by atoms with van der Waals surface area (Å²) < 4.78 is 20.4. The van der Waals surface area contributed by atoms with E-state index >= 15 is 0 Å². The monoisotopic (exact) mass is 462 g/mol. The van der Waals surface area contributed by atoms with Crippen LogP contribution < -0.4 is 15.8 Å². The first-order valence-corrected chi connectivity index (χ1v) is 11.9. The highest BCUT2D eigenvalue weighted by atomic mass is 19.1. The van der Waals surface area contributed by atoms with Gasteiger partial charge in [0.05, 0.1) is 29.9 Å². The number of rotatable bonds is 7. The molecule has 0 saturated heterocycles. The molecular formula is C27H31FN4O2. The minimum Gasteiger partial charge on any atom is -0.494 e. The van der Waals surface area contributed by atoms with Gasteiger partial charge in [-0.2, -0.15) is 0 Å². The number of amides is 1. The molecule has 1 saturated carbocycles.